The maximum absolute atomic E-state index is 12.1. The van der Waals surface area contributed by atoms with Gasteiger partial charge in [-0.05, 0) is 25.3 Å². The summed E-state index contributed by atoms with van der Waals surface area (Å²) in [6.07, 6.45) is 0.783. The third-order valence-electron chi connectivity index (χ3n) is 4.39. The molecule has 3 rings (SSSR count). The molecule has 0 atom stereocenters. The molecule has 25 heavy (non-hydrogen) atoms. The number of rotatable bonds is 7. The summed E-state index contributed by atoms with van der Waals surface area (Å²) in [4.78, 5) is 14.5. The zero-order valence-electron chi connectivity index (χ0n) is 14.7. The van der Waals surface area contributed by atoms with E-state index >= 15 is 0 Å². The Kier molecular flexibility index (Phi) is 5.82. The number of morpholine rings is 1. The highest BCUT2D eigenvalue weighted by molar-refractivity contribution is 7.08. The van der Waals surface area contributed by atoms with Gasteiger partial charge in [0.25, 0.3) is 0 Å². The fraction of sp³-hybridized carbons (Fsp3) is 0.588. The molecule has 0 unspecified atom stereocenters. The standard InChI is InChI=1S/C17H24N4O3S/c1-17(2,21-6-8-23-9-7-21)12-18-14(22)3-4-15-19-20-16(24-15)13-5-10-25-11-13/h5,10-11H,3-4,6-9,12H2,1-2H3,(H,18,22). The first kappa shape index (κ1) is 18.0. The van der Waals surface area contributed by atoms with Gasteiger partial charge in [-0.3, -0.25) is 9.69 Å². The Morgan fingerprint density at radius 3 is 2.88 bits per heavy atom. The van der Waals surface area contributed by atoms with Crippen molar-refractivity contribution in [1.29, 1.82) is 0 Å². The van der Waals surface area contributed by atoms with Crippen molar-refractivity contribution in [3.05, 3.63) is 22.7 Å². The van der Waals surface area contributed by atoms with Gasteiger partial charge in [0, 0.05) is 49.0 Å². The zero-order valence-corrected chi connectivity index (χ0v) is 15.5. The molecule has 2 aromatic heterocycles. The molecule has 0 aliphatic carbocycles. The van der Waals surface area contributed by atoms with E-state index in [-0.39, 0.29) is 11.4 Å². The van der Waals surface area contributed by atoms with E-state index in [0.717, 1.165) is 31.9 Å². The van der Waals surface area contributed by atoms with Crippen LogP contribution in [-0.2, 0) is 16.0 Å². The lowest BCUT2D eigenvalue weighted by Gasteiger charge is -2.40. The predicted molar refractivity (Wildman–Crippen MR) is 95.4 cm³/mol. The highest BCUT2D eigenvalue weighted by Gasteiger charge is 2.28. The first-order valence-electron chi connectivity index (χ1n) is 8.49. The largest absolute Gasteiger partial charge is 0.421 e. The Bertz CT molecular complexity index is 678. The van der Waals surface area contributed by atoms with E-state index in [4.69, 9.17) is 9.15 Å². The molecular weight excluding hydrogens is 340 g/mol. The molecule has 1 saturated heterocycles. The number of ether oxygens (including phenoxy) is 1. The monoisotopic (exact) mass is 364 g/mol. The number of nitrogens with zero attached hydrogens (tertiary/aromatic N) is 3. The summed E-state index contributed by atoms with van der Waals surface area (Å²) in [5.41, 5.74) is 0.830. The van der Waals surface area contributed by atoms with Crippen molar-refractivity contribution in [1.82, 2.24) is 20.4 Å². The first-order chi connectivity index (χ1) is 12.0. The van der Waals surface area contributed by atoms with Crippen molar-refractivity contribution in [2.75, 3.05) is 32.8 Å². The van der Waals surface area contributed by atoms with Crippen molar-refractivity contribution in [3.63, 3.8) is 0 Å². The summed E-state index contributed by atoms with van der Waals surface area (Å²) in [6, 6.07) is 1.93. The van der Waals surface area contributed by atoms with Gasteiger partial charge < -0.3 is 14.5 Å². The van der Waals surface area contributed by atoms with Gasteiger partial charge in [0.15, 0.2) is 0 Å². The maximum Gasteiger partial charge on any atom is 0.248 e. The van der Waals surface area contributed by atoms with Crippen molar-refractivity contribution in [3.8, 4) is 11.5 Å². The van der Waals surface area contributed by atoms with E-state index in [1.54, 1.807) is 11.3 Å². The van der Waals surface area contributed by atoms with Crippen LogP contribution in [-0.4, -0.2) is 59.4 Å². The van der Waals surface area contributed by atoms with Gasteiger partial charge in [0.1, 0.15) is 0 Å². The van der Waals surface area contributed by atoms with Crippen LogP contribution in [0.4, 0.5) is 0 Å². The van der Waals surface area contributed by atoms with E-state index in [9.17, 15) is 4.79 Å². The molecule has 1 aliphatic rings. The summed E-state index contributed by atoms with van der Waals surface area (Å²) in [7, 11) is 0. The van der Waals surface area contributed by atoms with E-state index in [0.29, 0.717) is 31.2 Å². The molecule has 1 amide bonds. The van der Waals surface area contributed by atoms with Crippen LogP contribution in [0.2, 0.25) is 0 Å². The number of carbonyl (C=O) groups excluding carboxylic acids is 1. The lowest BCUT2D eigenvalue weighted by atomic mass is 10.0. The molecule has 136 valence electrons. The maximum atomic E-state index is 12.1. The Labute approximate surface area is 151 Å². The minimum Gasteiger partial charge on any atom is -0.421 e. The second-order valence-corrected chi connectivity index (χ2v) is 7.48. The SMILES string of the molecule is CC(C)(CNC(=O)CCc1nnc(-c2ccsc2)o1)N1CCOCC1. The van der Waals surface area contributed by atoms with Crippen LogP contribution in [0, 0.1) is 0 Å². The van der Waals surface area contributed by atoms with Gasteiger partial charge in [-0.2, -0.15) is 11.3 Å². The Hall–Kier alpha value is -1.77. The van der Waals surface area contributed by atoms with Gasteiger partial charge in [-0.1, -0.05) is 0 Å². The molecular formula is C17H24N4O3S. The number of carbonyl (C=O) groups is 1. The molecule has 0 saturated carbocycles. The summed E-state index contributed by atoms with van der Waals surface area (Å²) in [6.45, 7) is 8.19. The minimum atomic E-state index is -0.0873. The summed E-state index contributed by atoms with van der Waals surface area (Å²) < 4.78 is 11.0. The molecule has 1 N–H and O–H groups in total. The number of amides is 1. The van der Waals surface area contributed by atoms with Gasteiger partial charge in [0.05, 0.1) is 13.2 Å². The highest BCUT2D eigenvalue weighted by atomic mass is 32.1. The molecule has 0 radical (unpaired) electrons. The third-order valence-corrected chi connectivity index (χ3v) is 5.07. The average molecular weight is 364 g/mol. The third kappa shape index (κ3) is 4.87. The number of thiophene rings is 1. The molecule has 0 aromatic carbocycles. The van der Waals surface area contributed by atoms with Crippen LogP contribution in [0.25, 0.3) is 11.5 Å². The predicted octanol–water partition coefficient (Wildman–Crippen LogP) is 1.96. The Balaban J connectivity index is 1.43. The van der Waals surface area contributed by atoms with Crippen molar-refractivity contribution in [2.45, 2.75) is 32.2 Å². The lowest BCUT2D eigenvalue weighted by molar-refractivity contribution is -0.121. The molecule has 0 bridgehead atoms. The summed E-state index contributed by atoms with van der Waals surface area (Å²) in [5, 5.41) is 15.0. The van der Waals surface area contributed by atoms with Crippen LogP contribution in [0.15, 0.2) is 21.2 Å². The number of aromatic nitrogens is 2. The number of hydrogen-bond acceptors (Lipinski definition) is 7. The van der Waals surface area contributed by atoms with Crippen molar-refractivity contribution < 1.29 is 13.9 Å². The van der Waals surface area contributed by atoms with Crippen LogP contribution >= 0.6 is 11.3 Å². The quantitative estimate of drug-likeness (QED) is 0.809. The molecule has 1 aliphatic heterocycles. The smallest absolute Gasteiger partial charge is 0.248 e. The molecule has 3 heterocycles. The average Bonchev–Trinajstić information content (AvgIpc) is 3.30. The Morgan fingerprint density at radius 1 is 1.36 bits per heavy atom. The van der Waals surface area contributed by atoms with E-state index < -0.39 is 0 Å². The topological polar surface area (TPSA) is 80.5 Å². The molecule has 7 nitrogen and oxygen atoms in total. The number of nitrogens with one attached hydrogen (secondary N) is 1. The highest BCUT2D eigenvalue weighted by Crippen LogP contribution is 2.20. The second kappa shape index (κ2) is 8.07. The molecule has 0 spiro atoms. The summed E-state index contributed by atoms with van der Waals surface area (Å²) in [5.74, 6) is 0.991. The van der Waals surface area contributed by atoms with Gasteiger partial charge in [0.2, 0.25) is 17.7 Å². The zero-order chi connectivity index (χ0) is 17.7. The fourth-order valence-electron chi connectivity index (χ4n) is 2.76. The molecule has 1 fully saturated rings. The molecule has 2 aromatic rings. The fourth-order valence-corrected chi connectivity index (χ4v) is 3.39. The summed E-state index contributed by atoms with van der Waals surface area (Å²) >= 11 is 1.58. The van der Waals surface area contributed by atoms with E-state index in [1.165, 1.54) is 0 Å². The minimum absolute atomic E-state index is 0.00313. The number of hydrogen-bond donors (Lipinski definition) is 1. The van der Waals surface area contributed by atoms with Crippen LogP contribution in [0.1, 0.15) is 26.2 Å². The van der Waals surface area contributed by atoms with E-state index in [2.05, 4.69) is 34.3 Å². The van der Waals surface area contributed by atoms with Gasteiger partial charge in [-0.15, -0.1) is 10.2 Å². The van der Waals surface area contributed by atoms with Gasteiger partial charge >= 0.3 is 0 Å². The number of aryl methyl sites for hydroxylation is 1. The Morgan fingerprint density at radius 2 is 2.16 bits per heavy atom. The van der Waals surface area contributed by atoms with Crippen molar-refractivity contribution in [2.24, 2.45) is 0 Å². The van der Waals surface area contributed by atoms with Crippen molar-refractivity contribution >= 4 is 17.2 Å². The van der Waals surface area contributed by atoms with E-state index in [1.807, 2.05) is 16.8 Å². The van der Waals surface area contributed by atoms with Crippen LogP contribution in [0.5, 0.6) is 0 Å². The first-order valence-corrected chi connectivity index (χ1v) is 9.43. The normalized spacial score (nSPS) is 16.1. The van der Waals surface area contributed by atoms with Crippen LogP contribution < -0.4 is 5.32 Å². The lowest BCUT2D eigenvalue weighted by Crippen LogP contribution is -2.55. The van der Waals surface area contributed by atoms with Crippen LogP contribution in [0.3, 0.4) is 0 Å². The second-order valence-electron chi connectivity index (χ2n) is 6.70. The van der Waals surface area contributed by atoms with Gasteiger partial charge in [-0.25, -0.2) is 0 Å². The molecule has 8 heteroatoms.